The molecule has 9 nitrogen and oxygen atoms in total. The van der Waals surface area contributed by atoms with Gasteiger partial charge >= 0.3 is 0 Å². The first-order chi connectivity index (χ1) is 11.3. The monoisotopic (exact) mass is 336 g/mol. The summed E-state index contributed by atoms with van der Waals surface area (Å²) in [5, 5.41) is 21.4. The smallest absolute Gasteiger partial charge is 0.240 e. The Morgan fingerprint density at radius 3 is 2.38 bits per heavy atom. The minimum atomic E-state index is -0.841. The van der Waals surface area contributed by atoms with E-state index in [9.17, 15) is 14.7 Å². The SMILES string of the molecule is N=C(N)NCCC[C@H](NC(=O)[C@H](N)Cc1ccc(O)cc1)C(N)=O. The summed E-state index contributed by atoms with van der Waals surface area (Å²) in [5.74, 6) is -1.16. The molecule has 0 unspecified atom stereocenters. The van der Waals surface area contributed by atoms with E-state index in [2.05, 4.69) is 10.6 Å². The molecule has 0 aliphatic carbocycles. The predicted octanol–water partition coefficient (Wildman–Crippen LogP) is -1.50. The molecule has 0 aliphatic heterocycles. The van der Waals surface area contributed by atoms with Crippen molar-refractivity contribution >= 4 is 17.8 Å². The van der Waals surface area contributed by atoms with Gasteiger partial charge in [0.05, 0.1) is 6.04 Å². The molecular weight excluding hydrogens is 312 g/mol. The Kier molecular flexibility index (Phi) is 7.50. The molecule has 132 valence electrons. The Bertz CT molecular complexity index is 575. The van der Waals surface area contributed by atoms with Gasteiger partial charge in [-0.25, -0.2) is 0 Å². The molecule has 10 N–H and O–H groups in total. The summed E-state index contributed by atoms with van der Waals surface area (Å²) in [6.45, 7) is 0.397. The van der Waals surface area contributed by atoms with Crippen LogP contribution in [0.1, 0.15) is 18.4 Å². The fourth-order valence-electron chi connectivity index (χ4n) is 2.07. The third-order valence-corrected chi connectivity index (χ3v) is 3.37. The molecule has 0 radical (unpaired) electrons. The number of phenolic OH excluding ortho intramolecular Hbond substituents is 1. The van der Waals surface area contributed by atoms with Crippen molar-refractivity contribution in [2.45, 2.75) is 31.3 Å². The number of carbonyl (C=O) groups is 2. The number of benzene rings is 1. The van der Waals surface area contributed by atoms with Crippen LogP contribution in [0.25, 0.3) is 0 Å². The first kappa shape index (κ1) is 19.2. The third kappa shape index (κ3) is 6.97. The Balaban J connectivity index is 2.49. The van der Waals surface area contributed by atoms with Crippen molar-refractivity contribution in [2.24, 2.45) is 17.2 Å². The molecule has 0 saturated carbocycles. The van der Waals surface area contributed by atoms with E-state index in [4.69, 9.17) is 22.6 Å². The molecule has 0 spiro atoms. The Labute approximate surface area is 140 Å². The van der Waals surface area contributed by atoms with Crippen LogP contribution in [0, 0.1) is 5.41 Å². The zero-order valence-electron chi connectivity index (χ0n) is 13.3. The van der Waals surface area contributed by atoms with E-state index in [1.165, 1.54) is 12.1 Å². The maximum Gasteiger partial charge on any atom is 0.240 e. The standard InChI is InChI=1S/C15H24N6O3/c16-11(8-9-3-5-10(22)6-4-9)14(24)21-12(13(17)23)2-1-7-20-15(18)19/h3-6,11-12,22H,1-2,7-8,16H2,(H2,17,23)(H,21,24)(H4,18,19,20)/t11-,12+/m1/s1. The van der Waals surface area contributed by atoms with Crippen LogP contribution in [0.2, 0.25) is 0 Å². The van der Waals surface area contributed by atoms with E-state index in [0.29, 0.717) is 19.4 Å². The summed E-state index contributed by atoms with van der Waals surface area (Å²) in [4.78, 5) is 23.5. The number of nitrogens with two attached hydrogens (primary N) is 3. The number of hydrogen-bond donors (Lipinski definition) is 7. The molecule has 2 amide bonds. The van der Waals surface area contributed by atoms with E-state index < -0.39 is 23.9 Å². The number of carbonyl (C=O) groups excluding carboxylic acids is 2. The summed E-state index contributed by atoms with van der Waals surface area (Å²) in [6.07, 6.45) is 1.08. The van der Waals surface area contributed by atoms with Crippen LogP contribution in [0.3, 0.4) is 0 Å². The van der Waals surface area contributed by atoms with Crippen molar-refractivity contribution in [1.82, 2.24) is 10.6 Å². The fourth-order valence-corrected chi connectivity index (χ4v) is 2.07. The van der Waals surface area contributed by atoms with Gasteiger partial charge in [0.15, 0.2) is 5.96 Å². The number of primary amides is 1. The maximum absolute atomic E-state index is 12.1. The van der Waals surface area contributed by atoms with Gasteiger partial charge < -0.3 is 32.9 Å². The topological polar surface area (TPSA) is 180 Å². The number of nitrogens with one attached hydrogen (secondary N) is 3. The van der Waals surface area contributed by atoms with Crippen LogP contribution in [-0.2, 0) is 16.0 Å². The normalized spacial score (nSPS) is 12.9. The molecule has 0 bridgehead atoms. The van der Waals surface area contributed by atoms with Crippen LogP contribution in [0.15, 0.2) is 24.3 Å². The molecule has 1 aromatic carbocycles. The van der Waals surface area contributed by atoms with Crippen LogP contribution >= 0.6 is 0 Å². The fraction of sp³-hybridized carbons (Fsp3) is 0.400. The van der Waals surface area contributed by atoms with Crippen molar-refractivity contribution in [3.63, 3.8) is 0 Å². The summed E-state index contributed by atoms with van der Waals surface area (Å²) in [5.41, 5.74) is 17.1. The molecule has 0 fully saturated rings. The molecule has 0 aromatic heterocycles. The second-order valence-electron chi connectivity index (χ2n) is 5.42. The van der Waals surface area contributed by atoms with Gasteiger partial charge in [-0.05, 0) is 37.0 Å². The maximum atomic E-state index is 12.1. The molecule has 0 aliphatic rings. The highest BCUT2D eigenvalue weighted by Crippen LogP contribution is 2.11. The second kappa shape index (κ2) is 9.36. The van der Waals surface area contributed by atoms with E-state index >= 15 is 0 Å². The van der Waals surface area contributed by atoms with E-state index in [1.54, 1.807) is 12.1 Å². The van der Waals surface area contributed by atoms with Gasteiger partial charge in [-0.3, -0.25) is 15.0 Å². The summed E-state index contributed by atoms with van der Waals surface area (Å²) in [6, 6.07) is 4.68. The molecule has 24 heavy (non-hydrogen) atoms. The van der Waals surface area contributed by atoms with Gasteiger partial charge in [0.2, 0.25) is 11.8 Å². The average molecular weight is 336 g/mol. The molecule has 1 rings (SSSR count). The quantitative estimate of drug-likeness (QED) is 0.163. The second-order valence-corrected chi connectivity index (χ2v) is 5.42. The van der Waals surface area contributed by atoms with E-state index in [1.807, 2.05) is 0 Å². The lowest BCUT2D eigenvalue weighted by atomic mass is 10.0. The van der Waals surface area contributed by atoms with Crippen molar-refractivity contribution in [3.05, 3.63) is 29.8 Å². The van der Waals surface area contributed by atoms with Gasteiger partial charge in [-0.2, -0.15) is 0 Å². The van der Waals surface area contributed by atoms with Crippen molar-refractivity contribution in [3.8, 4) is 5.75 Å². The Morgan fingerprint density at radius 1 is 1.21 bits per heavy atom. The highest BCUT2D eigenvalue weighted by molar-refractivity contribution is 5.89. The van der Waals surface area contributed by atoms with Crippen molar-refractivity contribution in [1.29, 1.82) is 5.41 Å². The highest BCUT2D eigenvalue weighted by Gasteiger charge is 2.21. The zero-order valence-corrected chi connectivity index (χ0v) is 13.3. The average Bonchev–Trinajstić information content (AvgIpc) is 2.51. The number of guanidine groups is 1. The lowest BCUT2D eigenvalue weighted by Crippen LogP contribution is -2.51. The van der Waals surface area contributed by atoms with Crippen LogP contribution in [-0.4, -0.2) is 41.5 Å². The molecule has 0 saturated heterocycles. The lowest BCUT2D eigenvalue weighted by Gasteiger charge is -2.19. The van der Waals surface area contributed by atoms with Crippen LogP contribution in [0.5, 0.6) is 5.75 Å². The zero-order chi connectivity index (χ0) is 18.1. The third-order valence-electron chi connectivity index (χ3n) is 3.37. The Hall–Kier alpha value is -2.81. The summed E-state index contributed by atoms with van der Waals surface area (Å²) in [7, 11) is 0. The minimum Gasteiger partial charge on any atom is -0.508 e. The number of rotatable bonds is 9. The van der Waals surface area contributed by atoms with Crippen LogP contribution in [0.4, 0.5) is 0 Å². The highest BCUT2D eigenvalue weighted by atomic mass is 16.3. The van der Waals surface area contributed by atoms with Crippen molar-refractivity contribution < 1.29 is 14.7 Å². The molecule has 9 heteroatoms. The first-order valence-electron chi connectivity index (χ1n) is 7.50. The van der Waals surface area contributed by atoms with Gasteiger partial charge in [0.1, 0.15) is 11.8 Å². The van der Waals surface area contributed by atoms with Crippen LogP contribution < -0.4 is 27.8 Å². The number of amides is 2. The Morgan fingerprint density at radius 2 is 1.83 bits per heavy atom. The van der Waals surface area contributed by atoms with Gasteiger partial charge in [0, 0.05) is 6.54 Å². The predicted molar refractivity (Wildman–Crippen MR) is 90.1 cm³/mol. The van der Waals surface area contributed by atoms with Crippen molar-refractivity contribution in [2.75, 3.05) is 6.54 Å². The summed E-state index contributed by atoms with van der Waals surface area (Å²) >= 11 is 0. The minimum absolute atomic E-state index is 0.129. The number of hydrogen-bond acceptors (Lipinski definition) is 5. The number of aromatic hydroxyl groups is 1. The van der Waals surface area contributed by atoms with Gasteiger partial charge in [-0.1, -0.05) is 12.1 Å². The molecular formula is C15H24N6O3. The summed E-state index contributed by atoms with van der Waals surface area (Å²) < 4.78 is 0. The van der Waals surface area contributed by atoms with Gasteiger partial charge in [-0.15, -0.1) is 0 Å². The number of phenols is 1. The molecule has 2 atom stereocenters. The van der Waals surface area contributed by atoms with E-state index in [-0.39, 0.29) is 18.1 Å². The molecule has 0 heterocycles. The molecule has 1 aromatic rings. The van der Waals surface area contributed by atoms with E-state index in [0.717, 1.165) is 5.56 Å². The van der Waals surface area contributed by atoms with Gasteiger partial charge in [0.25, 0.3) is 0 Å². The first-order valence-corrected chi connectivity index (χ1v) is 7.50. The lowest BCUT2D eigenvalue weighted by molar-refractivity contribution is -0.128. The largest absolute Gasteiger partial charge is 0.508 e.